The molecule has 148 valence electrons. The Balaban J connectivity index is 1.42. The summed E-state index contributed by atoms with van der Waals surface area (Å²) in [6.45, 7) is 1.96. The van der Waals surface area contributed by atoms with Crippen molar-refractivity contribution in [3.63, 3.8) is 0 Å². The molecule has 0 bridgehead atoms. The number of sulfonamides is 1. The Morgan fingerprint density at radius 1 is 1.21 bits per heavy atom. The topological polar surface area (TPSA) is 97.4 Å². The summed E-state index contributed by atoms with van der Waals surface area (Å²) in [5.41, 5.74) is 1.41. The van der Waals surface area contributed by atoms with Crippen molar-refractivity contribution < 1.29 is 17.6 Å². The Morgan fingerprint density at radius 3 is 2.79 bits per heavy atom. The van der Waals surface area contributed by atoms with Crippen LogP contribution in [0.5, 0.6) is 0 Å². The average molecular weight is 402 g/mol. The van der Waals surface area contributed by atoms with E-state index in [0.29, 0.717) is 43.9 Å². The summed E-state index contributed by atoms with van der Waals surface area (Å²) in [5.74, 6) is 0.611. The van der Waals surface area contributed by atoms with Gasteiger partial charge in [0.2, 0.25) is 15.9 Å². The molecule has 1 fully saturated rings. The monoisotopic (exact) mass is 402 g/mol. The molecule has 0 atom stereocenters. The van der Waals surface area contributed by atoms with E-state index in [0.717, 1.165) is 18.4 Å². The predicted octanol–water partition coefficient (Wildman–Crippen LogP) is 2.12. The lowest BCUT2D eigenvalue weighted by Crippen LogP contribution is -2.27. The van der Waals surface area contributed by atoms with E-state index in [4.69, 9.17) is 4.42 Å². The molecule has 1 aliphatic rings. The number of hydrogen-bond donors (Lipinski definition) is 1. The van der Waals surface area contributed by atoms with E-state index in [9.17, 15) is 13.2 Å². The highest BCUT2D eigenvalue weighted by Crippen LogP contribution is 2.24. The first-order valence-electron chi connectivity index (χ1n) is 9.28. The normalized spacial score (nSPS) is 15.3. The standard InChI is InChI=1S/C19H22N4O4S/c24-19(20-13-15-4-3-11-27-15)7-10-22-14-21-17-12-16(5-6-18(17)22)28(25,26)23-8-1-2-9-23/h3-6,11-12,14H,1-2,7-10,13H2,(H,20,24). The van der Waals surface area contributed by atoms with Crippen molar-refractivity contribution in [2.75, 3.05) is 13.1 Å². The molecule has 1 saturated heterocycles. The Kier molecular flexibility index (Phi) is 5.19. The molecule has 28 heavy (non-hydrogen) atoms. The van der Waals surface area contributed by atoms with Crippen LogP contribution < -0.4 is 5.32 Å². The van der Waals surface area contributed by atoms with Crippen LogP contribution in [-0.4, -0.2) is 41.3 Å². The lowest BCUT2D eigenvalue weighted by atomic mass is 10.3. The number of nitrogens with one attached hydrogen (secondary N) is 1. The molecule has 1 N–H and O–H groups in total. The molecule has 4 rings (SSSR count). The third-order valence-electron chi connectivity index (χ3n) is 4.91. The van der Waals surface area contributed by atoms with Crippen LogP contribution in [0.4, 0.5) is 0 Å². The lowest BCUT2D eigenvalue weighted by molar-refractivity contribution is -0.121. The van der Waals surface area contributed by atoms with Crippen molar-refractivity contribution in [3.05, 3.63) is 48.7 Å². The quantitative estimate of drug-likeness (QED) is 0.653. The number of aryl methyl sites for hydroxylation is 1. The fourth-order valence-electron chi connectivity index (χ4n) is 3.37. The van der Waals surface area contributed by atoms with Gasteiger partial charge in [-0.25, -0.2) is 13.4 Å². The maximum Gasteiger partial charge on any atom is 0.243 e. The van der Waals surface area contributed by atoms with Crippen molar-refractivity contribution in [1.29, 1.82) is 0 Å². The van der Waals surface area contributed by atoms with E-state index in [1.165, 1.54) is 4.31 Å². The first kappa shape index (κ1) is 18.7. The van der Waals surface area contributed by atoms with Gasteiger partial charge in [0, 0.05) is 26.1 Å². The van der Waals surface area contributed by atoms with Crippen molar-refractivity contribution >= 4 is 27.0 Å². The van der Waals surface area contributed by atoms with E-state index in [1.54, 1.807) is 42.9 Å². The minimum atomic E-state index is -3.46. The van der Waals surface area contributed by atoms with Gasteiger partial charge in [-0.15, -0.1) is 0 Å². The van der Waals surface area contributed by atoms with Crippen LogP contribution in [0.2, 0.25) is 0 Å². The lowest BCUT2D eigenvalue weighted by Gasteiger charge is -2.15. The number of imidazole rings is 1. The zero-order valence-electron chi connectivity index (χ0n) is 15.4. The molecule has 2 aromatic heterocycles. The minimum Gasteiger partial charge on any atom is -0.467 e. The number of carbonyl (C=O) groups is 1. The van der Waals surface area contributed by atoms with Gasteiger partial charge in [0.15, 0.2) is 0 Å². The SMILES string of the molecule is O=C(CCn1cnc2cc(S(=O)(=O)N3CCCC3)ccc21)NCc1ccco1. The number of nitrogens with zero attached hydrogens (tertiary/aromatic N) is 3. The van der Waals surface area contributed by atoms with Crippen LogP contribution >= 0.6 is 0 Å². The zero-order chi connectivity index (χ0) is 19.6. The maximum atomic E-state index is 12.7. The van der Waals surface area contributed by atoms with Gasteiger partial charge in [-0.2, -0.15) is 4.31 Å². The Labute approximate surface area is 163 Å². The summed E-state index contributed by atoms with van der Waals surface area (Å²) < 4.78 is 34.0. The van der Waals surface area contributed by atoms with Crippen LogP contribution in [0.15, 0.2) is 52.2 Å². The second-order valence-electron chi connectivity index (χ2n) is 6.81. The molecule has 0 spiro atoms. The summed E-state index contributed by atoms with van der Waals surface area (Å²) in [7, 11) is -3.46. The number of hydrogen-bond acceptors (Lipinski definition) is 5. The van der Waals surface area contributed by atoms with Crippen LogP contribution in [0, 0.1) is 0 Å². The molecule has 0 unspecified atom stereocenters. The van der Waals surface area contributed by atoms with Crippen LogP contribution in [0.3, 0.4) is 0 Å². The molecule has 9 heteroatoms. The van der Waals surface area contributed by atoms with Gasteiger partial charge in [-0.1, -0.05) is 0 Å². The summed E-state index contributed by atoms with van der Waals surface area (Å²) >= 11 is 0. The first-order valence-corrected chi connectivity index (χ1v) is 10.7. The molecule has 1 aliphatic heterocycles. The van der Waals surface area contributed by atoms with Crippen molar-refractivity contribution in [2.24, 2.45) is 0 Å². The third-order valence-corrected chi connectivity index (χ3v) is 6.81. The van der Waals surface area contributed by atoms with Gasteiger partial charge in [0.05, 0.1) is 35.1 Å². The van der Waals surface area contributed by atoms with Gasteiger partial charge in [0.25, 0.3) is 0 Å². The molecule has 3 heterocycles. The van der Waals surface area contributed by atoms with E-state index in [-0.39, 0.29) is 10.8 Å². The van der Waals surface area contributed by atoms with Crippen LogP contribution in [-0.2, 0) is 27.9 Å². The van der Waals surface area contributed by atoms with Gasteiger partial charge >= 0.3 is 0 Å². The number of rotatable bonds is 7. The molecule has 0 radical (unpaired) electrons. The van der Waals surface area contributed by atoms with Gasteiger partial charge in [-0.3, -0.25) is 4.79 Å². The molecular formula is C19H22N4O4S. The Bertz CT molecular complexity index is 1070. The predicted molar refractivity (Wildman–Crippen MR) is 103 cm³/mol. The molecular weight excluding hydrogens is 380 g/mol. The minimum absolute atomic E-state index is 0.0912. The summed E-state index contributed by atoms with van der Waals surface area (Å²) in [6.07, 6.45) is 5.30. The van der Waals surface area contributed by atoms with Gasteiger partial charge in [-0.05, 0) is 43.2 Å². The Hall–Kier alpha value is -2.65. The highest BCUT2D eigenvalue weighted by Gasteiger charge is 2.27. The maximum absolute atomic E-state index is 12.7. The van der Waals surface area contributed by atoms with Crippen LogP contribution in [0.1, 0.15) is 25.0 Å². The summed E-state index contributed by atoms with van der Waals surface area (Å²) in [6, 6.07) is 8.56. The van der Waals surface area contributed by atoms with E-state index in [1.807, 2.05) is 4.57 Å². The van der Waals surface area contributed by atoms with E-state index in [2.05, 4.69) is 10.3 Å². The average Bonchev–Trinajstić information content (AvgIpc) is 3.46. The van der Waals surface area contributed by atoms with E-state index >= 15 is 0 Å². The first-order chi connectivity index (χ1) is 13.5. The molecule has 8 nitrogen and oxygen atoms in total. The fraction of sp³-hybridized carbons (Fsp3) is 0.368. The number of fused-ring (bicyclic) bond motifs is 1. The van der Waals surface area contributed by atoms with Gasteiger partial charge in [0.1, 0.15) is 5.76 Å². The van der Waals surface area contributed by atoms with Gasteiger partial charge < -0.3 is 14.3 Å². The summed E-state index contributed by atoms with van der Waals surface area (Å²) in [4.78, 5) is 16.6. The molecule has 0 aliphatic carbocycles. The highest BCUT2D eigenvalue weighted by molar-refractivity contribution is 7.89. The van der Waals surface area contributed by atoms with Crippen molar-refractivity contribution in [3.8, 4) is 0 Å². The second-order valence-corrected chi connectivity index (χ2v) is 8.74. The molecule has 0 saturated carbocycles. The fourth-order valence-corrected chi connectivity index (χ4v) is 4.91. The smallest absolute Gasteiger partial charge is 0.243 e. The zero-order valence-corrected chi connectivity index (χ0v) is 16.2. The van der Waals surface area contributed by atoms with Crippen LogP contribution in [0.25, 0.3) is 11.0 Å². The van der Waals surface area contributed by atoms with E-state index < -0.39 is 10.0 Å². The Morgan fingerprint density at radius 2 is 2.04 bits per heavy atom. The summed E-state index contributed by atoms with van der Waals surface area (Å²) in [5, 5.41) is 2.80. The van der Waals surface area contributed by atoms with Crippen molar-refractivity contribution in [1.82, 2.24) is 19.2 Å². The third kappa shape index (κ3) is 3.81. The number of aromatic nitrogens is 2. The molecule has 1 aromatic carbocycles. The largest absolute Gasteiger partial charge is 0.467 e. The number of carbonyl (C=O) groups excluding carboxylic acids is 1. The number of amides is 1. The number of benzene rings is 1. The van der Waals surface area contributed by atoms with Crippen molar-refractivity contribution in [2.45, 2.75) is 37.2 Å². The highest BCUT2D eigenvalue weighted by atomic mass is 32.2. The number of furan rings is 1. The second kappa shape index (κ2) is 7.76. The molecule has 1 amide bonds. The molecule has 3 aromatic rings.